The van der Waals surface area contributed by atoms with Crippen LogP contribution in [0.2, 0.25) is 0 Å². The molecule has 0 fully saturated rings. The van der Waals surface area contributed by atoms with Crippen LogP contribution in [0.4, 0.5) is 13.2 Å². The van der Waals surface area contributed by atoms with Crippen LogP contribution in [0.1, 0.15) is 33.1 Å². The number of nitrogens with zero attached hydrogens (tertiary/aromatic N) is 1. The van der Waals surface area contributed by atoms with E-state index in [4.69, 9.17) is 5.73 Å². The monoisotopic (exact) mass is 270 g/mol. The van der Waals surface area contributed by atoms with Gasteiger partial charge >= 0.3 is 6.18 Å². The fourth-order valence-corrected chi connectivity index (χ4v) is 2.06. The first kappa shape index (κ1) is 17.7. The minimum Gasteiger partial charge on any atom is -0.372 e. The molecule has 0 spiro atoms. The van der Waals surface area contributed by atoms with Crippen molar-refractivity contribution in [2.24, 2.45) is 5.73 Å². The van der Waals surface area contributed by atoms with Crippen LogP contribution in [-0.4, -0.2) is 50.0 Å². The molecule has 0 bridgehead atoms. The van der Waals surface area contributed by atoms with Crippen molar-refractivity contribution < 1.29 is 17.9 Å². The zero-order chi connectivity index (χ0) is 14.2. The van der Waals surface area contributed by atoms with E-state index in [9.17, 15) is 13.2 Å². The van der Waals surface area contributed by atoms with Crippen molar-refractivity contribution in [2.45, 2.75) is 44.8 Å². The highest BCUT2D eigenvalue weighted by atomic mass is 19.4. The molecule has 110 valence electrons. The summed E-state index contributed by atoms with van der Waals surface area (Å²) in [6.07, 6.45) is -1.80. The Bertz CT molecular complexity index is 210. The van der Waals surface area contributed by atoms with Crippen molar-refractivity contribution in [3.63, 3.8) is 0 Å². The minimum absolute atomic E-state index is 0.0516. The van der Waals surface area contributed by atoms with Crippen molar-refractivity contribution in [3.8, 4) is 0 Å². The van der Waals surface area contributed by atoms with E-state index in [0.717, 1.165) is 12.8 Å². The van der Waals surface area contributed by atoms with Crippen LogP contribution in [0, 0.1) is 0 Å². The molecule has 0 aromatic carbocycles. The van der Waals surface area contributed by atoms with Gasteiger partial charge in [0.1, 0.15) is 6.61 Å². The number of nitrogens with two attached hydrogens (primary N) is 1. The third-order valence-corrected chi connectivity index (χ3v) is 3.55. The molecule has 0 aliphatic carbocycles. The molecule has 0 radical (unpaired) electrons. The van der Waals surface area contributed by atoms with Crippen LogP contribution in [0.3, 0.4) is 0 Å². The Balaban J connectivity index is 3.92. The molecule has 0 aromatic rings. The molecule has 0 aromatic heterocycles. The molecule has 0 unspecified atom stereocenters. The first-order valence-electron chi connectivity index (χ1n) is 6.37. The van der Waals surface area contributed by atoms with Crippen molar-refractivity contribution in [1.82, 2.24) is 4.90 Å². The van der Waals surface area contributed by atoms with Gasteiger partial charge in [-0.25, -0.2) is 0 Å². The molecule has 0 rings (SSSR count). The molecule has 0 saturated heterocycles. The van der Waals surface area contributed by atoms with Crippen LogP contribution >= 0.6 is 0 Å². The highest BCUT2D eigenvalue weighted by Crippen LogP contribution is 2.21. The van der Waals surface area contributed by atoms with Crippen molar-refractivity contribution in [1.29, 1.82) is 0 Å². The van der Waals surface area contributed by atoms with Gasteiger partial charge in [-0.2, -0.15) is 13.2 Å². The predicted octanol–water partition coefficient (Wildman–Crippen LogP) is 2.40. The Morgan fingerprint density at radius 1 is 1.17 bits per heavy atom. The maximum Gasteiger partial charge on any atom is 0.411 e. The van der Waals surface area contributed by atoms with Gasteiger partial charge in [0.15, 0.2) is 0 Å². The molecule has 0 saturated carbocycles. The van der Waals surface area contributed by atoms with Crippen molar-refractivity contribution in [3.05, 3.63) is 0 Å². The van der Waals surface area contributed by atoms with Crippen LogP contribution in [-0.2, 0) is 4.74 Å². The average Bonchev–Trinajstić information content (AvgIpc) is 2.30. The number of halogens is 3. The number of hydrogen-bond acceptors (Lipinski definition) is 3. The summed E-state index contributed by atoms with van der Waals surface area (Å²) in [5.41, 5.74) is 5.74. The molecule has 0 atom stereocenters. The van der Waals surface area contributed by atoms with Gasteiger partial charge < -0.3 is 10.5 Å². The quantitative estimate of drug-likeness (QED) is 0.654. The Kier molecular flexibility index (Phi) is 7.82. The predicted molar refractivity (Wildman–Crippen MR) is 66.5 cm³/mol. The first-order valence-corrected chi connectivity index (χ1v) is 6.37. The summed E-state index contributed by atoms with van der Waals surface area (Å²) < 4.78 is 40.1. The Labute approximate surface area is 107 Å². The summed E-state index contributed by atoms with van der Waals surface area (Å²) in [5.74, 6) is 0. The highest BCUT2D eigenvalue weighted by Gasteiger charge is 2.29. The van der Waals surface area contributed by atoms with Gasteiger partial charge in [-0.05, 0) is 26.3 Å². The van der Waals surface area contributed by atoms with E-state index in [-0.39, 0.29) is 12.1 Å². The fraction of sp³-hybridized carbons (Fsp3) is 1.00. The average molecular weight is 270 g/mol. The number of rotatable bonds is 9. The van der Waals surface area contributed by atoms with E-state index in [1.54, 1.807) is 0 Å². The van der Waals surface area contributed by atoms with Crippen LogP contribution in [0.15, 0.2) is 0 Å². The summed E-state index contributed by atoms with van der Waals surface area (Å²) >= 11 is 0. The number of alkyl halides is 3. The normalized spacial score (nSPS) is 13.3. The maximum absolute atomic E-state index is 11.8. The Hall–Kier alpha value is -0.330. The summed E-state index contributed by atoms with van der Waals surface area (Å²) in [5, 5.41) is 0. The van der Waals surface area contributed by atoms with E-state index in [2.05, 4.69) is 23.5 Å². The first-order chi connectivity index (χ1) is 8.31. The van der Waals surface area contributed by atoms with E-state index in [1.165, 1.54) is 0 Å². The zero-order valence-electron chi connectivity index (χ0n) is 11.5. The number of ether oxygens (including phenoxy) is 1. The van der Waals surface area contributed by atoms with Gasteiger partial charge in [0.25, 0.3) is 0 Å². The van der Waals surface area contributed by atoms with E-state index in [1.807, 2.05) is 7.05 Å². The summed E-state index contributed by atoms with van der Waals surface area (Å²) in [7, 11) is 1.96. The second-order valence-corrected chi connectivity index (χ2v) is 4.58. The molecular formula is C12H25F3N2O. The summed E-state index contributed by atoms with van der Waals surface area (Å²) in [6.45, 7) is 4.36. The molecule has 6 heteroatoms. The third-order valence-electron chi connectivity index (χ3n) is 3.55. The lowest BCUT2D eigenvalue weighted by atomic mass is 9.91. The number of hydrogen-bond donors (Lipinski definition) is 1. The lowest BCUT2D eigenvalue weighted by Crippen LogP contribution is -2.51. The van der Waals surface area contributed by atoms with E-state index < -0.39 is 12.8 Å². The Morgan fingerprint density at radius 3 is 2.11 bits per heavy atom. The molecule has 0 aliphatic heterocycles. The Morgan fingerprint density at radius 2 is 1.72 bits per heavy atom. The van der Waals surface area contributed by atoms with E-state index >= 15 is 0 Å². The van der Waals surface area contributed by atoms with Gasteiger partial charge in [0.05, 0.1) is 0 Å². The smallest absolute Gasteiger partial charge is 0.372 e. The molecule has 0 amide bonds. The molecule has 18 heavy (non-hydrogen) atoms. The largest absolute Gasteiger partial charge is 0.411 e. The van der Waals surface area contributed by atoms with Crippen LogP contribution in [0.25, 0.3) is 0 Å². The molecule has 0 heterocycles. The van der Waals surface area contributed by atoms with Gasteiger partial charge in [-0.15, -0.1) is 0 Å². The summed E-state index contributed by atoms with van der Waals surface area (Å²) in [4.78, 5) is 2.13. The third kappa shape index (κ3) is 6.02. The lowest BCUT2D eigenvalue weighted by Gasteiger charge is -2.40. The van der Waals surface area contributed by atoms with Crippen molar-refractivity contribution in [2.75, 3.05) is 33.4 Å². The highest BCUT2D eigenvalue weighted by molar-refractivity contribution is 4.87. The van der Waals surface area contributed by atoms with Crippen LogP contribution in [0.5, 0.6) is 0 Å². The second kappa shape index (κ2) is 7.96. The number of likely N-dealkylation sites (N-methyl/N-ethyl adjacent to an activating group) is 1. The summed E-state index contributed by atoms with van der Waals surface area (Å²) in [6, 6.07) is 0. The van der Waals surface area contributed by atoms with Gasteiger partial charge in [-0.1, -0.05) is 13.8 Å². The van der Waals surface area contributed by atoms with Crippen LogP contribution < -0.4 is 5.73 Å². The second-order valence-electron chi connectivity index (χ2n) is 4.58. The fourth-order valence-electron chi connectivity index (χ4n) is 2.06. The van der Waals surface area contributed by atoms with Gasteiger partial charge in [-0.3, -0.25) is 4.90 Å². The van der Waals surface area contributed by atoms with E-state index in [0.29, 0.717) is 19.5 Å². The van der Waals surface area contributed by atoms with Gasteiger partial charge in [0.2, 0.25) is 0 Å². The SMILES string of the molecule is CCC(CC)(CN)N(C)CCCOCC(F)(F)F. The van der Waals surface area contributed by atoms with Crippen molar-refractivity contribution >= 4 is 0 Å². The minimum atomic E-state index is -4.24. The standard InChI is InChI=1S/C12H25F3N2O/c1-4-11(5-2,9-16)17(3)7-6-8-18-10-12(13,14)15/h4-10,16H2,1-3H3. The molecule has 2 N–H and O–H groups in total. The maximum atomic E-state index is 11.8. The molecular weight excluding hydrogens is 245 g/mol. The lowest BCUT2D eigenvalue weighted by molar-refractivity contribution is -0.174. The molecule has 3 nitrogen and oxygen atoms in total. The zero-order valence-corrected chi connectivity index (χ0v) is 11.5. The van der Waals surface area contributed by atoms with Gasteiger partial charge in [0, 0.05) is 25.2 Å². The topological polar surface area (TPSA) is 38.5 Å². The molecule has 0 aliphatic rings.